The predicted molar refractivity (Wildman–Crippen MR) is 76.4 cm³/mol. The van der Waals surface area contributed by atoms with Crippen molar-refractivity contribution < 1.29 is 4.79 Å². The van der Waals surface area contributed by atoms with Crippen molar-refractivity contribution in [2.45, 2.75) is 70.8 Å². The minimum Gasteiger partial charge on any atom is -0.303 e. The molecule has 0 aromatic heterocycles. The third-order valence-electron chi connectivity index (χ3n) is 3.68. The van der Waals surface area contributed by atoms with Gasteiger partial charge in [0.2, 0.25) is 0 Å². The number of rotatable bonds is 7. The van der Waals surface area contributed by atoms with Crippen molar-refractivity contribution in [3.05, 3.63) is 0 Å². The van der Waals surface area contributed by atoms with Crippen LogP contribution < -0.4 is 0 Å². The van der Waals surface area contributed by atoms with E-state index in [1.165, 1.54) is 38.5 Å². The summed E-state index contributed by atoms with van der Waals surface area (Å²) in [6, 6.07) is 0.450. The number of piperidine rings is 1. The molecule has 0 amide bonds. The van der Waals surface area contributed by atoms with Gasteiger partial charge in [0.05, 0.1) is 6.54 Å². The fourth-order valence-corrected chi connectivity index (χ4v) is 2.53. The molecule has 0 radical (unpaired) electrons. The molecule has 0 aliphatic carbocycles. The molecular weight excluding hydrogens is 222 g/mol. The van der Waals surface area contributed by atoms with Crippen molar-refractivity contribution >= 4 is 6.29 Å². The van der Waals surface area contributed by atoms with E-state index in [2.05, 4.69) is 23.7 Å². The van der Waals surface area contributed by atoms with Crippen LogP contribution in [0.3, 0.4) is 0 Å². The Morgan fingerprint density at radius 1 is 1.22 bits per heavy atom. The smallest absolute Gasteiger partial charge is 0.121 e. The van der Waals surface area contributed by atoms with Crippen molar-refractivity contribution in [2.75, 3.05) is 13.1 Å². The molecule has 0 bridgehead atoms. The molecule has 0 aromatic carbocycles. The molecule has 1 aliphatic heterocycles. The Morgan fingerprint density at radius 2 is 2.11 bits per heavy atom. The number of carbonyl (C=O) groups excluding carboxylic acids is 1. The van der Waals surface area contributed by atoms with Crippen LogP contribution in [0.4, 0.5) is 0 Å². The van der Waals surface area contributed by atoms with E-state index < -0.39 is 0 Å². The van der Waals surface area contributed by atoms with E-state index in [0.717, 1.165) is 32.2 Å². The topological polar surface area (TPSA) is 20.3 Å². The third-order valence-corrected chi connectivity index (χ3v) is 3.68. The number of hydrogen-bond acceptors (Lipinski definition) is 2. The Kier molecular flexibility index (Phi) is 8.59. The molecule has 0 saturated carbocycles. The summed E-state index contributed by atoms with van der Waals surface area (Å²) in [7, 11) is 0. The number of hydrogen-bond donors (Lipinski definition) is 0. The van der Waals surface area contributed by atoms with Gasteiger partial charge in [-0.15, -0.1) is 5.92 Å². The zero-order valence-corrected chi connectivity index (χ0v) is 11.8. The van der Waals surface area contributed by atoms with Crippen molar-refractivity contribution in [3.63, 3.8) is 0 Å². The predicted octanol–water partition coefficient (Wildman–Crippen LogP) is 3.40. The SMILES string of the molecule is CCCCCCC#CCN1CCCC[C@H]1CC=O. The molecule has 1 atom stereocenters. The summed E-state index contributed by atoms with van der Waals surface area (Å²) in [6.45, 7) is 4.20. The second-order valence-electron chi connectivity index (χ2n) is 5.19. The second-order valence-corrected chi connectivity index (χ2v) is 5.19. The normalized spacial score (nSPS) is 20.2. The molecule has 1 fully saturated rings. The number of carbonyl (C=O) groups is 1. The minimum atomic E-state index is 0.450. The summed E-state index contributed by atoms with van der Waals surface area (Å²) in [5.74, 6) is 6.55. The monoisotopic (exact) mass is 249 g/mol. The molecule has 0 spiro atoms. The van der Waals surface area contributed by atoms with Gasteiger partial charge in [0.1, 0.15) is 6.29 Å². The van der Waals surface area contributed by atoms with E-state index in [-0.39, 0.29) is 0 Å². The highest BCUT2D eigenvalue weighted by Gasteiger charge is 2.20. The van der Waals surface area contributed by atoms with Gasteiger partial charge in [-0.1, -0.05) is 38.5 Å². The van der Waals surface area contributed by atoms with E-state index in [9.17, 15) is 4.79 Å². The van der Waals surface area contributed by atoms with Crippen LogP contribution in [0.15, 0.2) is 0 Å². The van der Waals surface area contributed by atoms with Crippen LogP contribution in [0.25, 0.3) is 0 Å². The molecule has 1 aliphatic rings. The molecule has 2 heteroatoms. The van der Waals surface area contributed by atoms with Crippen molar-refractivity contribution in [1.29, 1.82) is 0 Å². The first-order valence-corrected chi connectivity index (χ1v) is 7.52. The van der Waals surface area contributed by atoms with Gasteiger partial charge >= 0.3 is 0 Å². The molecule has 1 heterocycles. The Hall–Kier alpha value is -0.810. The summed E-state index contributed by atoms with van der Waals surface area (Å²) in [5.41, 5.74) is 0. The molecule has 0 N–H and O–H groups in total. The van der Waals surface area contributed by atoms with E-state index in [0.29, 0.717) is 12.5 Å². The van der Waals surface area contributed by atoms with Crippen LogP contribution in [0.1, 0.15) is 64.7 Å². The molecule has 2 nitrogen and oxygen atoms in total. The van der Waals surface area contributed by atoms with Gasteiger partial charge in [0.15, 0.2) is 0 Å². The second kappa shape index (κ2) is 10.1. The number of unbranched alkanes of at least 4 members (excludes halogenated alkanes) is 4. The first kappa shape index (κ1) is 15.2. The Labute approximate surface area is 112 Å². The summed E-state index contributed by atoms with van der Waals surface area (Å²) in [6.07, 6.45) is 11.6. The van der Waals surface area contributed by atoms with Gasteiger partial charge < -0.3 is 4.79 Å². The van der Waals surface area contributed by atoms with Crippen LogP contribution in [0.5, 0.6) is 0 Å². The first-order valence-electron chi connectivity index (χ1n) is 7.52. The number of nitrogens with zero attached hydrogens (tertiary/aromatic N) is 1. The first-order chi connectivity index (χ1) is 8.88. The third kappa shape index (κ3) is 6.21. The zero-order valence-electron chi connectivity index (χ0n) is 11.8. The lowest BCUT2D eigenvalue weighted by Crippen LogP contribution is -2.39. The highest BCUT2D eigenvalue weighted by molar-refractivity contribution is 5.50. The molecule has 1 saturated heterocycles. The van der Waals surface area contributed by atoms with Crippen molar-refractivity contribution in [2.24, 2.45) is 0 Å². The largest absolute Gasteiger partial charge is 0.303 e. The van der Waals surface area contributed by atoms with Crippen LogP contribution in [0, 0.1) is 11.8 Å². The highest BCUT2D eigenvalue weighted by Crippen LogP contribution is 2.18. The average Bonchev–Trinajstić information content (AvgIpc) is 2.40. The van der Waals surface area contributed by atoms with Crippen LogP contribution in [0.2, 0.25) is 0 Å². The standard InChI is InChI=1S/C16H27NO/c1-2-3-4-5-6-7-9-13-17-14-10-8-11-16(17)12-15-18/h15-16H,2-6,8,10-14H2,1H3/t16-/m0/s1. The van der Waals surface area contributed by atoms with E-state index in [1.807, 2.05) is 0 Å². The van der Waals surface area contributed by atoms with E-state index >= 15 is 0 Å². The quantitative estimate of drug-likeness (QED) is 0.391. The molecule has 1 rings (SSSR count). The Morgan fingerprint density at radius 3 is 2.89 bits per heavy atom. The Bertz CT molecular complexity index is 277. The zero-order chi connectivity index (χ0) is 13.1. The van der Waals surface area contributed by atoms with Gasteiger partial charge in [-0.3, -0.25) is 4.90 Å². The maximum atomic E-state index is 10.6. The van der Waals surface area contributed by atoms with E-state index in [4.69, 9.17) is 0 Å². The summed E-state index contributed by atoms with van der Waals surface area (Å²) in [4.78, 5) is 13.0. The molecule has 18 heavy (non-hydrogen) atoms. The number of aldehydes is 1. The van der Waals surface area contributed by atoms with Gasteiger partial charge in [0, 0.05) is 18.9 Å². The van der Waals surface area contributed by atoms with Crippen molar-refractivity contribution in [3.8, 4) is 11.8 Å². The van der Waals surface area contributed by atoms with Gasteiger partial charge in [-0.05, 0) is 25.8 Å². The van der Waals surface area contributed by atoms with Gasteiger partial charge in [-0.2, -0.15) is 0 Å². The summed E-state index contributed by atoms with van der Waals surface area (Å²) < 4.78 is 0. The highest BCUT2D eigenvalue weighted by atomic mass is 16.1. The molecule has 102 valence electrons. The van der Waals surface area contributed by atoms with Crippen molar-refractivity contribution in [1.82, 2.24) is 4.90 Å². The average molecular weight is 249 g/mol. The fraction of sp³-hybridized carbons (Fsp3) is 0.812. The van der Waals surface area contributed by atoms with Crippen LogP contribution in [-0.2, 0) is 4.79 Å². The van der Waals surface area contributed by atoms with Gasteiger partial charge in [-0.25, -0.2) is 0 Å². The van der Waals surface area contributed by atoms with E-state index in [1.54, 1.807) is 0 Å². The minimum absolute atomic E-state index is 0.450. The lowest BCUT2D eigenvalue weighted by Gasteiger charge is -2.33. The Balaban J connectivity index is 2.19. The molecule has 0 aromatic rings. The molecule has 0 unspecified atom stereocenters. The summed E-state index contributed by atoms with van der Waals surface area (Å²) in [5, 5.41) is 0. The van der Waals surface area contributed by atoms with Crippen LogP contribution >= 0.6 is 0 Å². The number of likely N-dealkylation sites (tertiary alicyclic amines) is 1. The maximum absolute atomic E-state index is 10.6. The van der Waals surface area contributed by atoms with Crippen LogP contribution in [-0.4, -0.2) is 30.3 Å². The molecular formula is C16H27NO. The fourth-order valence-electron chi connectivity index (χ4n) is 2.53. The summed E-state index contributed by atoms with van der Waals surface area (Å²) >= 11 is 0. The lowest BCUT2D eigenvalue weighted by molar-refractivity contribution is -0.109. The maximum Gasteiger partial charge on any atom is 0.121 e. The van der Waals surface area contributed by atoms with Gasteiger partial charge in [0.25, 0.3) is 0 Å². The lowest BCUT2D eigenvalue weighted by atomic mass is 10.00.